The van der Waals surface area contributed by atoms with E-state index in [-0.39, 0.29) is 31.1 Å². The second kappa shape index (κ2) is 49.0. The molecule has 0 aliphatic rings. The Morgan fingerprint density at radius 1 is 0.350 bits per heavy atom. The van der Waals surface area contributed by atoms with E-state index in [4.69, 9.17) is 14.2 Å². The molecule has 0 aromatic heterocycles. The zero-order chi connectivity index (χ0) is 43.7. The normalized spacial score (nSPS) is 12.4. The Balaban J connectivity index is 4.39. The van der Waals surface area contributed by atoms with E-state index in [1.165, 1.54) is 122 Å². The molecule has 0 radical (unpaired) electrons. The highest BCUT2D eigenvalue weighted by Crippen LogP contribution is 2.15. The Hall–Kier alpha value is -2.63. The first kappa shape index (κ1) is 57.4. The summed E-state index contributed by atoms with van der Waals surface area (Å²) in [5.74, 6) is -0.904. The average Bonchev–Trinajstić information content (AvgIpc) is 3.24. The topological polar surface area (TPSA) is 78.9 Å². The summed E-state index contributed by atoms with van der Waals surface area (Å²) in [5, 5.41) is 0. The standard InChI is InChI=1S/C54H96O6/c1-4-7-10-13-16-19-22-25-26-27-30-32-35-38-41-44-47-53(56)59-50-51(60-54(57)48-45-42-39-36-33-29-24-21-18-15-12-9-6-3)49-58-52(55)46-43-40-37-34-31-28-23-20-17-14-11-8-5-2/h7,10,16,19,25-26,29,33,51H,4-6,8-9,11-15,17-18,20-24,27-28,30-32,34-50H2,1-3H3/b10-7-,19-16-,26-25-,33-29-. The Bertz CT molecular complexity index is 1060. The van der Waals surface area contributed by atoms with E-state index < -0.39 is 6.10 Å². The largest absolute Gasteiger partial charge is 0.462 e. The first-order chi connectivity index (χ1) is 29.5. The predicted molar refractivity (Wildman–Crippen MR) is 256 cm³/mol. The number of carbonyl (C=O) groups is 3. The molecule has 0 saturated heterocycles. The van der Waals surface area contributed by atoms with Crippen molar-refractivity contribution in [3.63, 3.8) is 0 Å². The molecule has 0 aliphatic heterocycles. The minimum absolute atomic E-state index is 0.0811. The molecule has 1 unspecified atom stereocenters. The summed E-state index contributed by atoms with van der Waals surface area (Å²) in [6.07, 6.45) is 58.0. The van der Waals surface area contributed by atoms with Gasteiger partial charge in [0.2, 0.25) is 0 Å². The molecule has 0 saturated carbocycles. The van der Waals surface area contributed by atoms with Gasteiger partial charge in [-0.15, -0.1) is 0 Å². The lowest BCUT2D eigenvalue weighted by Gasteiger charge is -2.18. The van der Waals surface area contributed by atoms with Crippen LogP contribution in [0.25, 0.3) is 0 Å². The van der Waals surface area contributed by atoms with E-state index in [0.29, 0.717) is 19.3 Å². The molecule has 0 spiro atoms. The van der Waals surface area contributed by atoms with Crippen molar-refractivity contribution >= 4 is 17.9 Å². The van der Waals surface area contributed by atoms with Gasteiger partial charge in [0.25, 0.3) is 0 Å². The van der Waals surface area contributed by atoms with Crippen molar-refractivity contribution in [1.29, 1.82) is 0 Å². The Morgan fingerprint density at radius 2 is 0.650 bits per heavy atom. The fourth-order valence-corrected chi connectivity index (χ4v) is 7.22. The number of esters is 3. The molecule has 0 amide bonds. The molecule has 6 heteroatoms. The third kappa shape index (κ3) is 46.4. The average molecular weight is 841 g/mol. The van der Waals surface area contributed by atoms with Crippen LogP contribution in [0.1, 0.15) is 258 Å². The third-order valence-electron chi connectivity index (χ3n) is 11.1. The molecule has 0 heterocycles. The van der Waals surface area contributed by atoms with Crippen LogP contribution in [0.5, 0.6) is 0 Å². The van der Waals surface area contributed by atoms with Crippen molar-refractivity contribution in [1.82, 2.24) is 0 Å². The van der Waals surface area contributed by atoms with Gasteiger partial charge in [0.1, 0.15) is 13.2 Å². The van der Waals surface area contributed by atoms with Crippen LogP contribution in [0, 0.1) is 0 Å². The summed E-state index contributed by atoms with van der Waals surface area (Å²) in [4.78, 5) is 37.9. The van der Waals surface area contributed by atoms with E-state index in [1.54, 1.807) is 0 Å². The summed E-state index contributed by atoms with van der Waals surface area (Å²) < 4.78 is 16.8. The van der Waals surface area contributed by atoms with Gasteiger partial charge in [0.05, 0.1) is 0 Å². The third-order valence-corrected chi connectivity index (χ3v) is 11.1. The Labute approximate surface area is 371 Å². The molecule has 348 valence electrons. The van der Waals surface area contributed by atoms with E-state index in [0.717, 1.165) is 96.3 Å². The van der Waals surface area contributed by atoms with E-state index in [9.17, 15) is 14.4 Å². The van der Waals surface area contributed by atoms with Crippen LogP contribution in [0.2, 0.25) is 0 Å². The number of ether oxygens (including phenoxy) is 3. The van der Waals surface area contributed by atoms with Crippen molar-refractivity contribution in [2.45, 2.75) is 264 Å². The molecule has 0 N–H and O–H groups in total. The highest BCUT2D eigenvalue weighted by molar-refractivity contribution is 5.71. The Morgan fingerprint density at radius 3 is 1.05 bits per heavy atom. The van der Waals surface area contributed by atoms with Crippen LogP contribution < -0.4 is 0 Å². The highest BCUT2D eigenvalue weighted by Gasteiger charge is 2.19. The van der Waals surface area contributed by atoms with Crippen LogP contribution in [-0.4, -0.2) is 37.2 Å². The van der Waals surface area contributed by atoms with Gasteiger partial charge in [-0.2, -0.15) is 0 Å². The molecule has 0 aromatic carbocycles. The van der Waals surface area contributed by atoms with E-state index >= 15 is 0 Å². The van der Waals surface area contributed by atoms with E-state index in [2.05, 4.69) is 69.4 Å². The van der Waals surface area contributed by atoms with Gasteiger partial charge in [-0.25, -0.2) is 0 Å². The van der Waals surface area contributed by atoms with Crippen LogP contribution >= 0.6 is 0 Å². The van der Waals surface area contributed by atoms with Crippen molar-refractivity contribution in [3.8, 4) is 0 Å². The second-order valence-electron chi connectivity index (χ2n) is 17.1. The SMILES string of the molecule is CC/C=C\C/C=C\C/C=C\CCCCCCCCC(=O)OCC(COC(=O)CCCCCCCCCCCCCCC)OC(=O)CCCCC/C=C\CCCCCCCC. The molecule has 0 fully saturated rings. The monoisotopic (exact) mass is 841 g/mol. The molecule has 0 bridgehead atoms. The molecular weight excluding hydrogens is 745 g/mol. The quantitative estimate of drug-likeness (QED) is 0.0263. The fourth-order valence-electron chi connectivity index (χ4n) is 7.22. The molecule has 6 nitrogen and oxygen atoms in total. The lowest BCUT2D eigenvalue weighted by molar-refractivity contribution is -0.167. The zero-order valence-corrected chi connectivity index (χ0v) is 39.7. The summed E-state index contributed by atoms with van der Waals surface area (Å²) in [6.45, 7) is 6.51. The van der Waals surface area contributed by atoms with Crippen LogP contribution in [0.4, 0.5) is 0 Å². The lowest BCUT2D eigenvalue weighted by atomic mass is 10.0. The number of rotatable bonds is 46. The van der Waals surface area contributed by atoms with Gasteiger partial charge >= 0.3 is 17.9 Å². The lowest BCUT2D eigenvalue weighted by Crippen LogP contribution is -2.30. The van der Waals surface area contributed by atoms with Crippen LogP contribution in [0.3, 0.4) is 0 Å². The van der Waals surface area contributed by atoms with Crippen molar-refractivity contribution in [2.24, 2.45) is 0 Å². The minimum atomic E-state index is -0.782. The maximum Gasteiger partial charge on any atom is 0.306 e. The van der Waals surface area contributed by atoms with Gasteiger partial charge in [-0.3, -0.25) is 14.4 Å². The summed E-state index contributed by atoms with van der Waals surface area (Å²) in [7, 11) is 0. The summed E-state index contributed by atoms with van der Waals surface area (Å²) in [5.41, 5.74) is 0. The molecule has 0 rings (SSSR count). The van der Waals surface area contributed by atoms with Crippen molar-refractivity contribution in [3.05, 3.63) is 48.6 Å². The maximum absolute atomic E-state index is 12.8. The van der Waals surface area contributed by atoms with Crippen LogP contribution in [0.15, 0.2) is 48.6 Å². The second-order valence-corrected chi connectivity index (χ2v) is 17.1. The molecule has 0 aliphatic carbocycles. The van der Waals surface area contributed by atoms with Gasteiger partial charge in [0, 0.05) is 19.3 Å². The van der Waals surface area contributed by atoms with Gasteiger partial charge < -0.3 is 14.2 Å². The summed E-state index contributed by atoms with van der Waals surface area (Å²) in [6, 6.07) is 0. The molecular formula is C54H96O6. The van der Waals surface area contributed by atoms with Gasteiger partial charge in [-0.05, 0) is 77.0 Å². The number of carbonyl (C=O) groups excluding carboxylic acids is 3. The zero-order valence-electron chi connectivity index (χ0n) is 39.7. The van der Waals surface area contributed by atoms with Gasteiger partial charge in [-0.1, -0.05) is 211 Å². The highest BCUT2D eigenvalue weighted by atomic mass is 16.6. The molecule has 60 heavy (non-hydrogen) atoms. The van der Waals surface area contributed by atoms with Gasteiger partial charge in [0.15, 0.2) is 6.10 Å². The van der Waals surface area contributed by atoms with E-state index in [1.807, 2.05) is 0 Å². The first-order valence-electron chi connectivity index (χ1n) is 25.6. The van der Waals surface area contributed by atoms with Crippen molar-refractivity contribution < 1.29 is 28.6 Å². The predicted octanol–water partition coefficient (Wildman–Crippen LogP) is 16.7. The number of unbranched alkanes of at least 4 members (excludes halogenated alkanes) is 27. The Kier molecular flexibility index (Phi) is 46.9. The number of allylic oxidation sites excluding steroid dienone is 8. The number of hydrogen-bond acceptors (Lipinski definition) is 6. The summed E-state index contributed by atoms with van der Waals surface area (Å²) >= 11 is 0. The smallest absolute Gasteiger partial charge is 0.306 e. The molecule has 0 aromatic rings. The van der Waals surface area contributed by atoms with Crippen LogP contribution in [-0.2, 0) is 28.6 Å². The van der Waals surface area contributed by atoms with Crippen molar-refractivity contribution in [2.75, 3.05) is 13.2 Å². The number of hydrogen-bond donors (Lipinski definition) is 0. The fraction of sp³-hybridized carbons (Fsp3) is 0.796. The maximum atomic E-state index is 12.8. The first-order valence-corrected chi connectivity index (χ1v) is 25.6. The molecule has 1 atom stereocenters. The minimum Gasteiger partial charge on any atom is -0.462 e.